The number of aryl methyl sites for hydroxylation is 1. The van der Waals surface area contributed by atoms with Gasteiger partial charge in [-0.1, -0.05) is 23.4 Å². The average molecular weight is 289 g/mol. The van der Waals surface area contributed by atoms with Gasteiger partial charge in [-0.15, -0.1) is 11.3 Å². The molecule has 0 aliphatic heterocycles. The maximum atomic E-state index is 11.1. The second kappa shape index (κ2) is 5.20. The van der Waals surface area contributed by atoms with Crippen LogP contribution in [0.15, 0.2) is 11.4 Å². The van der Waals surface area contributed by atoms with Gasteiger partial charge >= 0.3 is 5.97 Å². The molecule has 7 heteroatoms. The van der Waals surface area contributed by atoms with E-state index < -0.39 is 0 Å². The number of hydrogen-bond donors (Lipinski definition) is 0. The van der Waals surface area contributed by atoms with Crippen molar-refractivity contribution in [3.63, 3.8) is 0 Å². The summed E-state index contributed by atoms with van der Waals surface area (Å²) in [6.07, 6.45) is 1.48. The average Bonchev–Trinajstić information content (AvgIpc) is 2.63. The molecule has 90 valence electrons. The van der Waals surface area contributed by atoms with Crippen LogP contribution in [0.25, 0.3) is 10.2 Å². The highest BCUT2D eigenvalue weighted by Gasteiger charge is 2.13. The van der Waals surface area contributed by atoms with Crippen molar-refractivity contribution in [2.24, 2.45) is 0 Å². The number of aromatic nitrogens is 2. The topological polar surface area (TPSA) is 52.1 Å². The summed E-state index contributed by atoms with van der Waals surface area (Å²) in [6.45, 7) is 1.92. The summed E-state index contributed by atoms with van der Waals surface area (Å²) in [5.74, 6) is -0.0434. The maximum Gasteiger partial charge on any atom is 0.316 e. The first-order chi connectivity index (χ1) is 8.13. The number of halogens is 1. The number of carbonyl (C=O) groups excluding carboxylic acids is 1. The second-order valence-electron chi connectivity index (χ2n) is 3.22. The lowest BCUT2D eigenvalue weighted by Crippen LogP contribution is -2.03. The number of rotatable bonds is 3. The Morgan fingerprint density at radius 3 is 3.06 bits per heavy atom. The standard InChI is InChI=1S/C10H9ClN2O2S2/c1-5-7-8(17-9(5)11)10(13-4-12-7)16-3-6(14)15-2/h4H,3H2,1-2H3. The number of methoxy groups -OCH3 is 1. The summed E-state index contributed by atoms with van der Waals surface area (Å²) < 4.78 is 6.22. The number of fused-ring (bicyclic) bond motifs is 1. The van der Waals surface area contributed by atoms with E-state index in [1.165, 1.54) is 36.5 Å². The zero-order valence-electron chi connectivity index (χ0n) is 9.19. The van der Waals surface area contributed by atoms with Crippen molar-refractivity contribution in [3.8, 4) is 0 Å². The molecule has 0 atom stereocenters. The van der Waals surface area contributed by atoms with Crippen LogP contribution >= 0.6 is 34.7 Å². The maximum absolute atomic E-state index is 11.1. The summed E-state index contributed by atoms with van der Waals surface area (Å²) in [5.41, 5.74) is 1.80. The van der Waals surface area contributed by atoms with Gasteiger partial charge in [0.15, 0.2) is 0 Å². The van der Waals surface area contributed by atoms with E-state index in [1.54, 1.807) is 0 Å². The van der Waals surface area contributed by atoms with E-state index in [9.17, 15) is 4.79 Å². The fourth-order valence-electron chi connectivity index (χ4n) is 1.26. The predicted octanol–water partition coefficient (Wildman–Crippen LogP) is 2.92. The second-order valence-corrected chi connectivity index (χ2v) is 5.81. The zero-order chi connectivity index (χ0) is 12.4. The lowest BCUT2D eigenvalue weighted by Gasteiger charge is -2.00. The van der Waals surface area contributed by atoms with Crippen LogP contribution in [0, 0.1) is 6.92 Å². The molecule has 0 fully saturated rings. The molecule has 4 nitrogen and oxygen atoms in total. The van der Waals surface area contributed by atoms with E-state index in [0.29, 0.717) is 4.34 Å². The monoisotopic (exact) mass is 288 g/mol. The number of thiophene rings is 1. The molecule has 0 spiro atoms. The molecular formula is C10H9ClN2O2S2. The van der Waals surface area contributed by atoms with Gasteiger partial charge in [0.2, 0.25) is 0 Å². The van der Waals surface area contributed by atoms with Gasteiger partial charge in [0.25, 0.3) is 0 Å². The van der Waals surface area contributed by atoms with Crippen molar-refractivity contribution >= 4 is 50.9 Å². The Hall–Kier alpha value is -0.850. The Morgan fingerprint density at radius 2 is 2.35 bits per heavy atom. The lowest BCUT2D eigenvalue weighted by atomic mass is 10.3. The van der Waals surface area contributed by atoms with E-state index in [-0.39, 0.29) is 11.7 Å². The number of carbonyl (C=O) groups is 1. The molecule has 0 saturated heterocycles. The SMILES string of the molecule is COC(=O)CSc1ncnc2c(C)c(Cl)sc12. The van der Waals surface area contributed by atoms with Gasteiger partial charge in [0.1, 0.15) is 11.4 Å². The fraction of sp³-hybridized carbons (Fsp3) is 0.300. The molecule has 0 aliphatic rings. The van der Waals surface area contributed by atoms with Crippen molar-refractivity contribution in [3.05, 3.63) is 16.2 Å². The number of thioether (sulfide) groups is 1. The molecule has 2 aromatic heterocycles. The molecule has 0 unspecified atom stereocenters. The molecule has 0 bridgehead atoms. The zero-order valence-corrected chi connectivity index (χ0v) is 11.6. The summed E-state index contributed by atoms with van der Waals surface area (Å²) in [6, 6.07) is 0. The third-order valence-corrected chi connectivity index (χ3v) is 4.85. The van der Waals surface area contributed by atoms with Gasteiger partial charge in [-0.25, -0.2) is 9.97 Å². The summed E-state index contributed by atoms with van der Waals surface area (Å²) >= 11 is 8.83. The molecule has 0 aromatic carbocycles. The molecule has 0 amide bonds. The van der Waals surface area contributed by atoms with Gasteiger partial charge < -0.3 is 4.74 Å². The van der Waals surface area contributed by atoms with E-state index in [0.717, 1.165) is 20.8 Å². The summed E-state index contributed by atoms with van der Waals surface area (Å²) in [4.78, 5) is 19.4. The Bertz CT molecular complexity index is 571. The molecular weight excluding hydrogens is 280 g/mol. The molecule has 2 rings (SSSR count). The highest BCUT2D eigenvalue weighted by molar-refractivity contribution is 8.00. The van der Waals surface area contributed by atoms with Gasteiger partial charge in [-0.2, -0.15) is 0 Å². The third kappa shape index (κ3) is 2.53. The number of ether oxygens (including phenoxy) is 1. The Kier molecular flexibility index (Phi) is 3.86. The van der Waals surface area contributed by atoms with E-state index in [2.05, 4.69) is 14.7 Å². The van der Waals surface area contributed by atoms with E-state index >= 15 is 0 Å². The number of nitrogens with zero attached hydrogens (tertiary/aromatic N) is 2. The van der Waals surface area contributed by atoms with Crippen LogP contribution in [0.5, 0.6) is 0 Å². The van der Waals surface area contributed by atoms with Gasteiger partial charge in [0.05, 0.1) is 27.4 Å². The highest BCUT2D eigenvalue weighted by Crippen LogP contribution is 2.37. The molecule has 0 N–H and O–H groups in total. The molecule has 0 aliphatic carbocycles. The predicted molar refractivity (Wildman–Crippen MR) is 69.9 cm³/mol. The first-order valence-electron chi connectivity index (χ1n) is 4.72. The normalized spacial score (nSPS) is 10.8. The van der Waals surface area contributed by atoms with Crippen molar-refractivity contribution in [1.29, 1.82) is 0 Å². The smallest absolute Gasteiger partial charge is 0.316 e. The van der Waals surface area contributed by atoms with E-state index in [1.807, 2.05) is 6.92 Å². The Morgan fingerprint density at radius 1 is 1.59 bits per heavy atom. The Balaban J connectivity index is 2.34. The molecule has 0 saturated carbocycles. The number of esters is 1. The fourth-order valence-corrected chi connectivity index (χ4v) is 3.48. The minimum absolute atomic E-state index is 0.233. The van der Waals surface area contributed by atoms with Crippen molar-refractivity contribution < 1.29 is 9.53 Å². The van der Waals surface area contributed by atoms with Crippen LogP contribution in [0.2, 0.25) is 4.34 Å². The Labute approximate surface area is 111 Å². The largest absolute Gasteiger partial charge is 0.468 e. The summed E-state index contributed by atoms with van der Waals surface area (Å²) in [7, 11) is 1.37. The van der Waals surface area contributed by atoms with Crippen molar-refractivity contribution in [2.75, 3.05) is 12.9 Å². The molecule has 2 heterocycles. The minimum Gasteiger partial charge on any atom is -0.468 e. The van der Waals surface area contributed by atoms with Crippen LogP contribution in [-0.4, -0.2) is 28.8 Å². The quantitative estimate of drug-likeness (QED) is 0.494. The highest BCUT2D eigenvalue weighted by atomic mass is 35.5. The first-order valence-corrected chi connectivity index (χ1v) is 6.90. The first kappa shape index (κ1) is 12.6. The molecule has 17 heavy (non-hydrogen) atoms. The van der Waals surface area contributed by atoms with Crippen LogP contribution in [0.4, 0.5) is 0 Å². The third-order valence-electron chi connectivity index (χ3n) is 2.17. The van der Waals surface area contributed by atoms with Crippen molar-refractivity contribution in [2.45, 2.75) is 11.9 Å². The summed E-state index contributed by atoms with van der Waals surface area (Å²) in [5, 5.41) is 0.764. The number of hydrogen-bond acceptors (Lipinski definition) is 6. The van der Waals surface area contributed by atoms with Crippen LogP contribution in [0.1, 0.15) is 5.56 Å². The van der Waals surface area contributed by atoms with Gasteiger partial charge in [-0.3, -0.25) is 4.79 Å². The van der Waals surface area contributed by atoms with Crippen molar-refractivity contribution in [1.82, 2.24) is 9.97 Å². The van der Waals surface area contributed by atoms with Crippen LogP contribution in [0.3, 0.4) is 0 Å². The van der Waals surface area contributed by atoms with Gasteiger partial charge in [-0.05, 0) is 6.92 Å². The minimum atomic E-state index is -0.277. The molecule has 2 aromatic rings. The molecule has 0 radical (unpaired) electrons. The lowest BCUT2D eigenvalue weighted by molar-refractivity contribution is -0.137. The van der Waals surface area contributed by atoms with E-state index in [4.69, 9.17) is 11.6 Å². The van der Waals surface area contributed by atoms with Crippen LogP contribution < -0.4 is 0 Å². The van der Waals surface area contributed by atoms with Gasteiger partial charge in [0, 0.05) is 5.56 Å². The van der Waals surface area contributed by atoms with Crippen LogP contribution in [-0.2, 0) is 9.53 Å².